The first-order valence-corrected chi connectivity index (χ1v) is 11.0. The molecule has 0 bridgehead atoms. The zero-order chi connectivity index (χ0) is 24.9. The summed E-state index contributed by atoms with van der Waals surface area (Å²) in [5, 5.41) is 16.9. The minimum absolute atomic E-state index is 0.0169. The second kappa shape index (κ2) is 10.2. The number of carbonyl (C=O) groups excluding carboxylic acids is 3. The number of para-hydroxylation sites is 1. The van der Waals surface area contributed by atoms with Gasteiger partial charge in [-0.25, -0.2) is 9.99 Å². The Morgan fingerprint density at radius 1 is 1.09 bits per heavy atom. The van der Waals surface area contributed by atoms with Gasteiger partial charge in [0.15, 0.2) is 0 Å². The van der Waals surface area contributed by atoms with Crippen LogP contribution < -0.4 is 10.1 Å². The predicted molar refractivity (Wildman–Crippen MR) is 126 cm³/mol. The number of non-ortho nitro benzene ring substituents is 1. The summed E-state index contributed by atoms with van der Waals surface area (Å²) >= 11 is 0. The molecule has 0 unspecified atom stereocenters. The summed E-state index contributed by atoms with van der Waals surface area (Å²) in [6.07, 6.45) is 0.605. The van der Waals surface area contributed by atoms with Crippen molar-refractivity contribution in [1.29, 1.82) is 0 Å². The number of pyridine rings is 1. The van der Waals surface area contributed by atoms with Crippen molar-refractivity contribution >= 4 is 34.3 Å². The normalized spacial score (nSPS) is 13.1. The average molecular weight is 477 g/mol. The lowest BCUT2D eigenvalue weighted by molar-refractivity contribution is -0.384. The van der Waals surface area contributed by atoms with Gasteiger partial charge in [0.05, 0.1) is 17.5 Å². The molecule has 0 saturated carbocycles. The van der Waals surface area contributed by atoms with E-state index in [4.69, 9.17) is 4.74 Å². The van der Waals surface area contributed by atoms with E-state index in [0.717, 1.165) is 5.39 Å². The Hall–Kier alpha value is -4.54. The highest BCUT2D eigenvalue weighted by molar-refractivity contribution is 5.98. The Bertz CT molecular complexity index is 1290. The van der Waals surface area contributed by atoms with Crippen LogP contribution in [0.1, 0.15) is 33.7 Å². The molecule has 1 aliphatic rings. The van der Waals surface area contributed by atoms with E-state index >= 15 is 0 Å². The molecule has 11 heteroatoms. The minimum atomic E-state index is -0.549. The minimum Gasteiger partial charge on any atom is -0.496 e. The van der Waals surface area contributed by atoms with Crippen molar-refractivity contribution in [2.75, 3.05) is 26.7 Å². The predicted octanol–water partition coefficient (Wildman–Crippen LogP) is 2.56. The van der Waals surface area contributed by atoms with Crippen LogP contribution in [0, 0.1) is 10.1 Å². The molecule has 0 atom stereocenters. The summed E-state index contributed by atoms with van der Waals surface area (Å²) in [5.74, 6) is -0.651. The molecule has 11 nitrogen and oxygen atoms in total. The van der Waals surface area contributed by atoms with Gasteiger partial charge in [-0.05, 0) is 30.7 Å². The maximum Gasteiger partial charge on any atom is 0.291 e. The summed E-state index contributed by atoms with van der Waals surface area (Å²) in [6.45, 7) is 0.803. The van der Waals surface area contributed by atoms with E-state index in [-0.39, 0.29) is 35.8 Å². The number of hydrogen-bond donors (Lipinski definition) is 1. The molecule has 1 aliphatic heterocycles. The van der Waals surface area contributed by atoms with Crippen LogP contribution in [0.4, 0.5) is 5.69 Å². The third kappa shape index (κ3) is 5.03. The molecule has 180 valence electrons. The molecular formula is C24H23N5O6. The van der Waals surface area contributed by atoms with E-state index in [2.05, 4.69) is 10.3 Å². The van der Waals surface area contributed by atoms with Gasteiger partial charge in [0.2, 0.25) is 5.91 Å². The number of fused-ring (bicyclic) bond motifs is 1. The van der Waals surface area contributed by atoms with Crippen molar-refractivity contribution in [3.8, 4) is 5.75 Å². The molecule has 35 heavy (non-hydrogen) atoms. The maximum atomic E-state index is 13.2. The van der Waals surface area contributed by atoms with E-state index < -0.39 is 16.7 Å². The summed E-state index contributed by atoms with van der Waals surface area (Å²) in [7, 11) is 1.52. The van der Waals surface area contributed by atoms with Crippen LogP contribution in [0.15, 0.2) is 54.6 Å². The molecule has 2 heterocycles. The molecule has 0 radical (unpaired) electrons. The first-order chi connectivity index (χ1) is 16.9. The first-order valence-electron chi connectivity index (χ1n) is 11.0. The Balaban J connectivity index is 1.39. The standard InChI is InChI=1S/C24H23N5O6/c1-35-21-15-20(26-19-6-3-2-5-18(19)21)24(32)28-14-4-13-27(28)22(30)11-12-25-23(31)16-7-9-17(10-8-16)29(33)34/h2-3,5-10,15H,4,11-14H2,1H3,(H,25,31). The smallest absolute Gasteiger partial charge is 0.291 e. The van der Waals surface area contributed by atoms with E-state index in [1.807, 2.05) is 18.2 Å². The van der Waals surface area contributed by atoms with Gasteiger partial charge in [-0.1, -0.05) is 12.1 Å². The van der Waals surface area contributed by atoms with Gasteiger partial charge in [-0.15, -0.1) is 0 Å². The molecule has 1 aromatic heterocycles. The van der Waals surface area contributed by atoms with E-state index in [1.54, 1.807) is 12.1 Å². The number of carbonyl (C=O) groups is 3. The number of hydrazine groups is 1. The fraction of sp³-hybridized carbons (Fsp3) is 0.250. The topological polar surface area (TPSA) is 135 Å². The molecule has 1 N–H and O–H groups in total. The van der Waals surface area contributed by atoms with Crippen molar-refractivity contribution in [2.45, 2.75) is 12.8 Å². The lowest BCUT2D eigenvalue weighted by Crippen LogP contribution is -2.46. The summed E-state index contributed by atoms with van der Waals surface area (Å²) in [5.41, 5.74) is 0.916. The lowest BCUT2D eigenvalue weighted by Gasteiger charge is -2.28. The van der Waals surface area contributed by atoms with Gasteiger partial charge in [0.1, 0.15) is 11.4 Å². The summed E-state index contributed by atoms with van der Waals surface area (Å²) in [4.78, 5) is 52.9. The van der Waals surface area contributed by atoms with E-state index in [9.17, 15) is 24.5 Å². The molecule has 1 fully saturated rings. The van der Waals surface area contributed by atoms with Gasteiger partial charge in [-0.3, -0.25) is 29.5 Å². The highest BCUT2D eigenvalue weighted by Crippen LogP contribution is 2.26. The first kappa shape index (κ1) is 23.6. The Kier molecular flexibility index (Phi) is 6.86. The Morgan fingerprint density at radius 3 is 2.51 bits per heavy atom. The third-order valence-corrected chi connectivity index (χ3v) is 5.64. The number of methoxy groups -OCH3 is 1. The highest BCUT2D eigenvalue weighted by atomic mass is 16.6. The second-order valence-electron chi connectivity index (χ2n) is 7.84. The van der Waals surface area contributed by atoms with Crippen LogP contribution in [0.2, 0.25) is 0 Å². The molecule has 0 spiro atoms. The SMILES string of the molecule is COc1cc(C(=O)N2CCCN2C(=O)CCNC(=O)c2ccc([N+](=O)[O-])cc2)nc2ccccc12. The number of nitrogens with one attached hydrogen (secondary N) is 1. The molecule has 4 rings (SSSR count). The number of aromatic nitrogens is 1. The number of nitrogens with zero attached hydrogens (tertiary/aromatic N) is 4. The van der Waals surface area contributed by atoms with Gasteiger partial charge in [0, 0.05) is 55.2 Å². The van der Waals surface area contributed by atoms with E-state index in [0.29, 0.717) is 30.8 Å². The molecule has 2 aromatic carbocycles. The van der Waals surface area contributed by atoms with Gasteiger partial charge >= 0.3 is 0 Å². The zero-order valence-corrected chi connectivity index (χ0v) is 19.0. The number of nitro groups is 1. The molecule has 3 amide bonds. The fourth-order valence-corrected chi connectivity index (χ4v) is 3.88. The van der Waals surface area contributed by atoms with Crippen LogP contribution in [0.25, 0.3) is 10.9 Å². The van der Waals surface area contributed by atoms with Gasteiger partial charge < -0.3 is 10.1 Å². The molecular weight excluding hydrogens is 454 g/mol. The molecule has 1 saturated heterocycles. The van der Waals surface area contributed by atoms with E-state index in [1.165, 1.54) is 41.4 Å². The lowest BCUT2D eigenvalue weighted by atomic mass is 10.1. The van der Waals surface area contributed by atoms with Crippen LogP contribution in [0.5, 0.6) is 5.75 Å². The van der Waals surface area contributed by atoms with Crippen LogP contribution in [-0.2, 0) is 4.79 Å². The fourth-order valence-electron chi connectivity index (χ4n) is 3.88. The zero-order valence-electron chi connectivity index (χ0n) is 19.0. The molecule has 3 aromatic rings. The number of benzene rings is 2. The van der Waals surface area contributed by atoms with Crippen LogP contribution in [0.3, 0.4) is 0 Å². The third-order valence-electron chi connectivity index (χ3n) is 5.64. The largest absolute Gasteiger partial charge is 0.496 e. The van der Waals surface area contributed by atoms with Crippen LogP contribution in [-0.4, -0.2) is 64.4 Å². The van der Waals surface area contributed by atoms with Crippen molar-refractivity contribution < 1.29 is 24.0 Å². The monoisotopic (exact) mass is 477 g/mol. The summed E-state index contributed by atoms with van der Waals surface area (Å²) in [6, 6.07) is 14.1. The quantitative estimate of drug-likeness (QED) is 0.408. The van der Waals surface area contributed by atoms with Crippen molar-refractivity contribution in [3.05, 3.63) is 76.0 Å². The number of nitro benzene ring substituents is 1. The average Bonchev–Trinajstić information content (AvgIpc) is 3.37. The maximum absolute atomic E-state index is 13.2. The number of amides is 3. The van der Waals surface area contributed by atoms with Crippen molar-refractivity contribution in [2.24, 2.45) is 0 Å². The number of ether oxygens (including phenoxy) is 1. The second-order valence-corrected chi connectivity index (χ2v) is 7.84. The summed E-state index contributed by atoms with van der Waals surface area (Å²) < 4.78 is 5.42. The van der Waals surface area contributed by atoms with Crippen molar-refractivity contribution in [1.82, 2.24) is 20.3 Å². The Morgan fingerprint density at radius 2 is 1.80 bits per heavy atom. The number of rotatable bonds is 7. The van der Waals surface area contributed by atoms with Gasteiger partial charge in [-0.2, -0.15) is 0 Å². The molecule has 0 aliphatic carbocycles. The Labute approximate surface area is 200 Å². The van der Waals surface area contributed by atoms with Gasteiger partial charge in [0.25, 0.3) is 17.5 Å². The van der Waals surface area contributed by atoms with Crippen LogP contribution >= 0.6 is 0 Å². The highest BCUT2D eigenvalue weighted by Gasteiger charge is 2.32. The van der Waals surface area contributed by atoms with Crippen molar-refractivity contribution in [3.63, 3.8) is 0 Å². The number of hydrogen-bond acceptors (Lipinski definition) is 7.